The number of carbonyl (C=O) groups excluding carboxylic acids is 1. The maximum Gasteiger partial charge on any atom is 0.220 e. The van der Waals surface area contributed by atoms with Gasteiger partial charge in [-0.25, -0.2) is 8.42 Å². The van der Waals surface area contributed by atoms with E-state index < -0.39 is 9.84 Å². The number of hydrogen-bond donors (Lipinski definition) is 1. The summed E-state index contributed by atoms with van der Waals surface area (Å²) in [5.41, 5.74) is 1.89. The molecule has 0 bridgehead atoms. The Morgan fingerprint density at radius 1 is 0.967 bits per heavy atom. The summed E-state index contributed by atoms with van der Waals surface area (Å²) in [6.45, 7) is 6.93. The van der Waals surface area contributed by atoms with Crippen LogP contribution < -0.4 is 14.8 Å². The first-order valence-electron chi connectivity index (χ1n) is 10.3. The summed E-state index contributed by atoms with van der Waals surface area (Å²) in [4.78, 5) is 12.8. The van der Waals surface area contributed by atoms with Crippen LogP contribution in [0.1, 0.15) is 50.8 Å². The number of sulfone groups is 1. The molecule has 30 heavy (non-hydrogen) atoms. The highest BCUT2D eigenvalue weighted by molar-refractivity contribution is 7.90. The lowest BCUT2D eigenvalue weighted by Gasteiger charge is -2.18. The highest BCUT2D eigenvalue weighted by Crippen LogP contribution is 2.29. The Morgan fingerprint density at radius 3 is 2.17 bits per heavy atom. The molecule has 0 spiro atoms. The van der Waals surface area contributed by atoms with E-state index >= 15 is 0 Å². The van der Waals surface area contributed by atoms with Gasteiger partial charge in [-0.2, -0.15) is 0 Å². The van der Waals surface area contributed by atoms with E-state index in [9.17, 15) is 13.2 Å². The highest BCUT2D eigenvalue weighted by Gasteiger charge is 2.15. The lowest BCUT2D eigenvalue weighted by atomic mass is 10.0. The third-order valence-corrected chi connectivity index (χ3v) is 5.83. The highest BCUT2D eigenvalue weighted by atomic mass is 32.2. The number of hydrogen-bond acceptors (Lipinski definition) is 5. The van der Waals surface area contributed by atoms with Gasteiger partial charge in [0.15, 0.2) is 21.3 Å². The van der Waals surface area contributed by atoms with E-state index in [0.29, 0.717) is 44.0 Å². The molecule has 1 atom stereocenters. The van der Waals surface area contributed by atoms with Crippen molar-refractivity contribution in [1.29, 1.82) is 0 Å². The maximum atomic E-state index is 12.5. The van der Waals surface area contributed by atoms with E-state index in [-0.39, 0.29) is 16.8 Å². The second kappa shape index (κ2) is 11.0. The van der Waals surface area contributed by atoms with Crippen molar-refractivity contribution in [1.82, 2.24) is 5.32 Å². The minimum absolute atomic E-state index is 0.0547. The van der Waals surface area contributed by atoms with Crippen molar-refractivity contribution < 1.29 is 22.7 Å². The number of ether oxygens (including phenoxy) is 2. The van der Waals surface area contributed by atoms with E-state index in [1.54, 1.807) is 24.3 Å². The summed E-state index contributed by atoms with van der Waals surface area (Å²) in [6.07, 6.45) is 2.82. The van der Waals surface area contributed by atoms with Crippen molar-refractivity contribution in [3.05, 3.63) is 53.6 Å². The monoisotopic (exact) mass is 433 g/mol. The predicted octanol–water partition coefficient (Wildman–Crippen LogP) is 4.09. The van der Waals surface area contributed by atoms with Gasteiger partial charge in [0.05, 0.1) is 24.2 Å². The minimum Gasteiger partial charge on any atom is -0.490 e. The van der Waals surface area contributed by atoms with Gasteiger partial charge in [-0.05, 0) is 62.1 Å². The smallest absolute Gasteiger partial charge is 0.220 e. The van der Waals surface area contributed by atoms with Crippen LogP contribution in [0.25, 0.3) is 0 Å². The number of aryl methyl sites for hydroxylation is 1. The molecule has 0 unspecified atom stereocenters. The maximum absolute atomic E-state index is 12.5. The first kappa shape index (κ1) is 23.7. The second-order valence-electron chi connectivity index (χ2n) is 7.02. The van der Waals surface area contributed by atoms with Gasteiger partial charge in [0.1, 0.15) is 0 Å². The minimum atomic E-state index is -3.24. The Kier molecular flexibility index (Phi) is 8.72. The van der Waals surface area contributed by atoms with Crippen LogP contribution in [0.2, 0.25) is 0 Å². The summed E-state index contributed by atoms with van der Waals surface area (Å²) in [6, 6.07) is 12.2. The van der Waals surface area contributed by atoms with Gasteiger partial charge < -0.3 is 14.8 Å². The van der Waals surface area contributed by atoms with E-state index in [0.717, 1.165) is 11.1 Å². The molecular formula is C23H31NO5S. The topological polar surface area (TPSA) is 81.7 Å². The van der Waals surface area contributed by atoms with Crippen LogP contribution in [0.4, 0.5) is 0 Å². The molecule has 0 aliphatic carbocycles. The van der Waals surface area contributed by atoms with Crippen molar-refractivity contribution in [2.75, 3.05) is 19.5 Å². The number of rotatable bonds is 11. The fraction of sp³-hybridized carbons (Fsp3) is 0.435. The molecule has 0 saturated carbocycles. The molecule has 7 heteroatoms. The SMILES string of the molecule is CCOc1ccc(CCC(=O)N[C@@H](CC)c2ccc(S(C)(=O)=O)cc2)cc1OCC. The molecule has 2 aromatic carbocycles. The summed E-state index contributed by atoms with van der Waals surface area (Å²) < 4.78 is 34.5. The molecule has 0 radical (unpaired) electrons. The standard InChI is InChI=1S/C23H31NO5S/c1-5-20(18-10-12-19(13-11-18)30(4,26)27)24-23(25)15-9-17-8-14-21(28-6-2)22(16-17)29-7-3/h8,10-14,16,20H,5-7,9,15H2,1-4H3,(H,24,25)/t20-/m0/s1. The zero-order valence-electron chi connectivity index (χ0n) is 18.1. The molecule has 0 aliphatic heterocycles. The van der Waals surface area contributed by atoms with Gasteiger partial charge in [-0.1, -0.05) is 25.1 Å². The molecule has 2 aromatic rings. The van der Waals surface area contributed by atoms with Crippen molar-refractivity contribution >= 4 is 15.7 Å². The molecule has 0 heterocycles. The average Bonchev–Trinajstić information content (AvgIpc) is 2.72. The third kappa shape index (κ3) is 6.76. The lowest BCUT2D eigenvalue weighted by Crippen LogP contribution is -2.28. The molecule has 1 N–H and O–H groups in total. The van der Waals surface area contributed by atoms with Crippen molar-refractivity contribution in [3.8, 4) is 11.5 Å². The first-order valence-corrected chi connectivity index (χ1v) is 12.2. The van der Waals surface area contributed by atoms with Crippen molar-refractivity contribution in [3.63, 3.8) is 0 Å². The Balaban J connectivity index is 1.99. The van der Waals surface area contributed by atoms with E-state index in [1.165, 1.54) is 6.26 Å². The van der Waals surface area contributed by atoms with Crippen LogP contribution in [-0.4, -0.2) is 33.8 Å². The van der Waals surface area contributed by atoms with Gasteiger partial charge in [0, 0.05) is 12.7 Å². The number of amides is 1. The fourth-order valence-corrected chi connectivity index (χ4v) is 3.77. The van der Waals surface area contributed by atoms with Gasteiger partial charge >= 0.3 is 0 Å². The summed E-state index contributed by atoms with van der Waals surface area (Å²) in [5, 5.41) is 3.04. The van der Waals surface area contributed by atoms with E-state index in [1.807, 2.05) is 39.0 Å². The number of benzene rings is 2. The lowest BCUT2D eigenvalue weighted by molar-refractivity contribution is -0.121. The average molecular weight is 434 g/mol. The Morgan fingerprint density at radius 2 is 1.60 bits per heavy atom. The zero-order chi connectivity index (χ0) is 22.1. The first-order chi connectivity index (χ1) is 14.3. The quantitative estimate of drug-likeness (QED) is 0.577. The van der Waals surface area contributed by atoms with Crippen molar-refractivity contribution in [2.24, 2.45) is 0 Å². The molecule has 0 aromatic heterocycles. The van der Waals surface area contributed by atoms with E-state index in [2.05, 4.69) is 5.32 Å². The van der Waals surface area contributed by atoms with Crippen LogP contribution in [0.3, 0.4) is 0 Å². The summed E-state index contributed by atoms with van der Waals surface area (Å²) in [5.74, 6) is 1.34. The molecule has 1 amide bonds. The number of carbonyl (C=O) groups is 1. The molecule has 6 nitrogen and oxygen atoms in total. The van der Waals surface area contributed by atoms with Gasteiger partial charge in [-0.3, -0.25) is 4.79 Å². The molecule has 0 saturated heterocycles. The Bertz CT molecular complexity index is 939. The largest absolute Gasteiger partial charge is 0.490 e. The molecule has 0 aliphatic rings. The zero-order valence-corrected chi connectivity index (χ0v) is 18.9. The van der Waals surface area contributed by atoms with Gasteiger partial charge in [-0.15, -0.1) is 0 Å². The molecule has 0 fully saturated rings. The fourth-order valence-electron chi connectivity index (χ4n) is 3.14. The second-order valence-corrected chi connectivity index (χ2v) is 9.03. The number of nitrogens with one attached hydrogen (secondary N) is 1. The normalized spacial score (nSPS) is 12.3. The molecule has 164 valence electrons. The Hall–Kier alpha value is -2.54. The Labute approximate surface area is 179 Å². The van der Waals surface area contributed by atoms with Crippen LogP contribution in [-0.2, 0) is 21.1 Å². The molecular weight excluding hydrogens is 402 g/mol. The van der Waals surface area contributed by atoms with Crippen LogP contribution in [0.5, 0.6) is 11.5 Å². The van der Waals surface area contributed by atoms with Crippen LogP contribution in [0.15, 0.2) is 47.4 Å². The third-order valence-electron chi connectivity index (χ3n) is 4.70. The van der Waals surface area contributed by atoms with Gasteiger partial charge in [0.25, 0.3) is 0 Å². The van der Waals surface area contributed by atoms with Gasteiger partial charge in [0.2, 0.25) is 5.91 Å². The van der Waals surface area contributed by atoms with E-state index in [4.69, 9.17) is 9.47 Å². The van der Waals surface area contributed by atoms with Crippen molar-refractivity contribution in [2.45, 2.75) is 51.0 Å². The summed E-state index contributed by atoms with van der Waals surface area (Å²) in [7, 11) is -3.24. The predicted molar refractivity (Wildman–Crippen MR) is 118 cm³/mol. The van der Waals surface area contributed by atoms with Crippen LogP contribution >= 0.6 is 0 Å². The summed E-state index contributed by atoms with van der Waals surface area (Å²) >= 11 is 0. The molecule has 2 rings (SSSR count). The van der Waals surface area contributed by atoms with Crippen LogP contribution in [0, 0.1) is 0 Å².